The van der Waals surface area contributed by atoms with Crippen LogP contribution in [0.2, 0.25) is 0 Å². The molecular weight excluding hydrogens is 466 g/mol. The van der Waals surface area contributed by atoms with Crippen LogP contribution in [0.15, 0.2) is 24.3 Å². The smallest absolute Gasteiger partial charge is 0.337 e. The van der Waals surface area contributed by atoms with Crippen LogP contribution in [-0.2, 0) is 19.1 Å². The van der Waals surface area contributed by atoms with Crippen molar-refractivity contribution in [3.8, 4) is 0 Å². The number of amides is 2. The molecule has 5 atom stereocenters. The van der Waals surface area contributed by atoms with E-state index in [4.69, 9.17) is 4.74 Å². The fourth-order valence-electron chi connectivity index (χ4n) is 4.10. The number of benzene rings is 1. The normalized spacial score (nSPS) is 23.9. The second-order valence-corrected chi connectivity index (χ2v) is 9.61. The lowest BCUT2D eigenvalue weighted by atomic mass is 9.84. The van der Waals surface area contributed by atoms with Gasteiger partial charge < -0.3 is 15.0 Å². The highest BCUT2D eigenvalue weighted by molar-refractivity contribution is 8.14. The van der Waals surface area contributed by atoms with E-state index in [9.17, 15) is 19.2 Å². The number of esters is 1. The number of anilines is 1. The molecule has 0 spiro atoms. The summed E-state index contributed by atoms with van der Waals surface area (Å²) in [6.45, 7) is 12.3. The van der Waals surface area contributed by atoms with Gasteiger partial charge in [0.25, 0.3) is 0 Å². The highest BCUT2D eigenvalue weighted by Gasteiger charge is 2.43. The maximum Gasteiger partial charge on any atom is 0.337 e. The lowest BCUT2D eigenvalue weighted by Gasteiger charge is -2.37. The summed E-state index contributed by atoms with van der Waals surface area (Å²) in [6.07, 6.45) is 0.562. The molecule has 196 valence electrons. The Morgan fingerprint density at radius 3 is 2.37 bits per heavy atom. The zero-order valence-electron chi connectivity index (χ0n) is 22.5. The first-order chi connectivity index (χ1) is 16.6. The van der Waals surface area contributed by atoms with Crippen LogP contribution in [0.3, 0.4) is 0 Å². The molecular formula is C26H41N3O5S. The molecule has 2 fully saturated rings. The molecule has 1 aromatic rings. The number of hydrogen-bond acceptors (Lipinski definition) is 7. The molecule has 9 heteroatoms. The van der Waals surface area contributed by atoms with Crippen LogP contribution in [0.1, 0.15) is 58.3 Å². The second-order valence-electron chi connectivity index (χ2n) is 8.30. The Balaban J connectivity index is 0.00000145. The average molecular weight is 508 g/mol. The molecule has 2 saturated heterocycles. The van der Waals surface area contributed by atoms with Gasteiger partial charge in [0.05, 0.1) is 30.7 Å². The van der Waals surface area contributed by atoms with Crippen molar-refractivity contribution in [2.75, 3.05) is 32.6 Å². The molecule has 1 aromatic carbocycles. The van der Waals surface area contributed by atoms with E-state index >= 15 is 0 Å². The third-order valence-corrected chi connectivity index (χ3v) is 7.51. The summed E-state index contributed by atoms with van der Waals surface area (Å²) >= 11 is 1.27. The van der Waals surface area contributed by atoms with Crippen LogP contribution in [-0.4, -0.2) is 72.9 Å². The largest absolute Gasteiger partial charge is 0.465 e. The van der Waals surface area contributed by atoms with Gasteiger partial charge in [0, 0.05) is 30.4 Å². The quantitative estimate of drug-likeness (QED) is 0.464. The third kappa shape index (κ3) is 7.30. The maximum atomic E-state index is 13.1. The molecule has 8 nitrogen and oxygen atoms in total. The highest BCUT2D eigenvalue weighted by Crippen LogP contribution is 2.33. The minimum Gasteiger partial charge on any atom is -0.465 e. The number of nitrogens with one attached hydrogen (secondary N) is 1. The second kappa shape index (κ2) is 14.2. The van der Waals surface area contributed by atoms with Gasteiger partial charge >= 0.3 is 5.97 Å². The molecule has 1 N–H and O–H groups in total. The molecule has 0 bridgehead atoms. The van der Waals surface area contributed by atoms with E-state index in [0.29, 0.717) is 24.2 Å². The lowest BCUT2D eigenvalue weighted by Crippen LogP contribution is -2.60. The predicted octanol–water partition coefficient (Wildman–Crippen LogP) is 3.59. The minimum absolute atomic E-state index is 0.00906. The Kier molecular flexibility index (Phi) is 12.5. The zero-order valence-corrected chi connectivity index (χ0v) is 23.3. The van der Waals surface area contributed by atoms with E-state index in [0.717, 1.165) is 0 Å². The Morgan fingerprint density at radius 2 is 1.83 bits per heavy atom. The van der Waals surface area contributed by atoms with Gasteiger partial charge in [0.2, 0.25) is 11.8 Å². The van der Waals surface area contributed by atoms with Crippen LogP contribution >= 0.6 is 11.8 Å². The third-order valence-electron chi connectivity index (χ3n) is 6.23. The van der Waals surface area contributed by atoms with Crippen molar-refractivity contribution in [3.63, 3.8) is 0 Å². The number of thioether (sulfide) groups is 1. The van der Waals surface area contributed by atoms with Crippen molar-refractivity contribution in [2.45, 2.75) is 65.3 Å². The lowest BCUT2D eigenvalue weighted by molar-refractivity contribution is -0.137. The summed E-state index contributed by atoms with van der Waals surface area (Å²) in [5.74, 6) is -0.967. The molecule has 5 unspecified atom stereocenters. The zero-order chi connectivity index (χ0) is 26.9. The van der Waals surface area contributed by atoms with Crippen LogP contribution in [0.4, 0.5) is 5.69 Å². The summed E-state index contributed by atoms with van der Waals surface area (Å²) in [6, 6.07) is 6.28. The number of nitrogens with zero attached hydrogens (tertiary/aromatic N) is 2. The monoisotopic (exact) mass is 507 g/mol. The van der Waals surface area contributed by atoms with Crippen molar-refractivity contribution in [3.05, 3.63) is 29.8 Å². The van der Waals surface area contributed by atoms with Gasteiger partial charge in [-0.3, -0.25) is 19.3 Å². The Morgan fingerprint density at radius 1 is 1.20 bits per heavy atom. The fourth-order valence-corrected chi connectivity index (χ4v) is 5.38. The summed E-state index contributed by atoms with van der Waals surface area (Å²) in [5.41, 5.74) is 0.988. The van der Waals surface area contributed by atoms with Crippen molar-refractivity contribution in [1.29, 1.82) is 0 Å². The summed E-state index contributed by atoms with van der Waals surface area (Å²) in [7, 11) is 4.88. The van der Waals surface area contributed by atoms with E-state index in [2.05, 4.69) is 5.32 Å². The minimum atomic E-state index is -0.457. The molecule has 2 heterocycles. The first-order valence-electron chi connectivity index (χ1n) is 12.3. The van der Waals surface area contributed by atoms with Gasteiger partial charge in [-0.05, 0) is 31.7 Å². The number of hydrogen-bond donors (Lipinski definition) is 1. The van der Waals surface area contributed by atoms with Gasteiger partial charge in [-0.2, -0.15) is 0 Å². The first-order valence-corrected chi connectivity index (χ1v) is 13.2. The molecule has 0 radical (unpaired) electrons. The van der Waals surface area contributed by atoms with E-state index in [1.165, 1.54) is 23.8 Å². The number of rotatable bonds is 6. The SMILES string of the molecule is CC.CC.COC(=O)c1cccc(N(C)C(=O)C2CC(SC(=O)C(C)C3NC(=O)C3C)CN2C)c1. The Labute approximate surface area is 214 Å². The molecule has 0 saturated carbocycles. The van der Waals surface area contributed by atoms with Gasteiger partial charge in [0.1, 0.15) is 0 Å². The van der Waals surface area contributed by atoms with E-state index in [1.54, 1.807) is 31.3 Å². The molecule has 3 rings (SSSR count). The van der Waals surface area contributed by atoms with Crippen LogP contribution < -0.4 is 10.2 Å². The molecule has 35 heavy (non-hydrogen) atoms. The van der Waals surface area contributed by atoms with Crippen LogP contribution in [0, 0.1) is 11.8 Å². The Hall–Kier alpha value is -2.39. The van der Waals surface area contributed by atoms with Crippen molar-refractivity contribution in [1.82, 2.24) is 10.2 Å². The number of ether oxygens (including phenoxy) is 1. The predicted molar refractivity (Wildman–Crippen MR) is 142 cm³/mol. The van der Waals surface area contributed by atoms with Crippen LogP contribution in [0.25, 0.3) is 0 Å². The van der Waals surface area contributed by atoms with Crippen molar-refractivity contribution < 1.29 is 23.9 Å². The van der Waals surface area contributed by atoms with Gasteiger partial charge in [-0.1, -0.05) is 59.4 Å². The average Bonchev–Trinajstić information content (AvgIpc) is 3.26. The first kappa shape index (κ1) is 30.6. The molecule has 2 aliphatic heterocycles. The van der Waals surface area contributed by atoms with Gasteiger partial charge in [-0.25, -0.2) is 4.79 Å². The van der Waals surface area contributed by atoms with E-state index < -0.39 is 5.97 Å². The number of carbonyl (C=O) groups is 4. The summed E-state index contributed by atoms with van der Waals surface area (Å²) < 4.78 is 4.75. The summed E-state index contributed by atoms with van der Waals surface area (Å²) in [5, 5.41) is 2.86. The molecule has 2 aliphatic rings. The highest BCUT2D eigenvalue weighted by atomic mass is 32.2. The summed E-state index contributed by atoms with van der Waals surface area (Å²) in [4.78, 5) is 52.6. The number of β-lactam (4-membered cyclic amide) rings is 1. The number of carbonyl (C=O) groups excluding carboxylic acids is 4. The van der Waals surface area contributed by atoms with E-state index in [1.807, 2.05) is 53.5 Å². The molecule has 0 aliphatic carbocycles. The maximum absolute atomic E-state index is 13.1. The van der Waals surface area contributed by atoms with Crippen LogP contribution in [0.5, 0.6) is 0 Å². The molecule has 0 aromatic heterocycles. The fraction of sp³-hybridized carbons (Fsp3) is 0.615. The van der Waals surface area contributed by atoms with Crippen molar-refractivity contribution in [2.24, 2.45) is 11.8 Å². The number of likely N-dealkylation sites (N-methyl/N-ethyl adjacent to an activating group) is 2. The number of likely N-dealkylation sites (tertiary alicyclic amines) is 1. The number of methoxy groups -OCH3 is 1. The Bertz CT molecular complexity index is 893. The van der Waals surface area contributed by atoms with Gasteiger partial charge in [-0.15, -0.1) is 0 Å². The van der Waals surface area contributed by atoms with Gasteiger partial charge in [0.15, 0.2) is 5.12 Å². The topological polar surface area (TPSA) is 96.0 Å². The van der Waals surface area contributed by atoms with Crippen molar-refractivity contribution >= 4 is 40.3 Å². The standard InChI is InChI=1S/C22H29N3O5S.2C2H6/c1-12-18(23-19(12)26)13(2)22(29)31-16-10-17(24(3)11-16)20(27)25(4)15-8-6-7-14(9-15)21(28)30-5;2*1-2/h6-9,12-13,16-18H,10-11H2,1-5H3,(H,23,26);2*1-2H3. The van der Waals surface area contributed by atoms with E-state index in [-0.39, 0.29) is 46.1 Å². The molecule has 2 amide bonds.